The first-order valence-corrected chi connectivity index (χ1v) is 8.70. The van der Waals surface area contributed by atoms with Crippen LogP contribution in [0.1, 0.15) is 0 Å². The Labute approximate surface area is 133 Å². The molecule has 2 aliphatic heterocycles. The van der Waals surface area contributed by atoms with Gasteiger partial charge in [0.1, 0.15) is 18.1 Å². The summed E-state index contributed by atoms with van der Waals surface area (Å²) in [6.45, 7) is 2.24. The van der Waals surface area contributed by atoms with Crippen LogP contribution in [0.5, 0.6) is 11.5 Å². The third-order valence-electron chi connectivity index (χ3n) is 3.27. The first kappa shape index (κ1) is 15.8. The van der Waals surface area contributed by atoms with Gasteiger partial charge in [-0.3, -0.25) is 0 Å². The number of halogens is 1. The van der Waals surface area contributed by atoms with Gasteiger partial charge in [-0.1, -0.05) is 11.6 Å². The zero-order valence-corrected chi connectivity index (χ0v) is 13.3. The van der Waals surface area contributed by atoms with Gasteiger partial charge in [0, 0.05) is 18.7 Å². The van der Waals surface area contributed by atoms with E-state index in [9.17, 15) is 8.42 Å². The Hall–Kier alpha value is -1.06. The van der Waals surface area contributed by atoms with Crippen LogP contribution >= 0.6 is 11.6 Å². The van der Waals surface area contributed by atoms with Crippen molar-refractivity contribution in [1.82, 2.24) is 4.72 Å². The number of nitrogens with one attached hydrogen (secondary N) is 1. The Bertz CT molecular complexity index is 644. The minimum absolute atomic E-state index is 0.0462. The highest BCUT2D eigenvalue weighted by Crippen LogP contribution is 2.37. The molecule has 0 radical (unpaired) electrons. The van der Waals surface area contributed by atoms with E-state index in [2.05, 4.69) is 4.72 Å². The topological polar surface area (TPSA) is 83.1 Å². The Morgan fingerprint density at radius 1 is 1.14 bits per heavy atom. The van der Waals surface area contributed by atoms with Gasteiger partial charge in [-0.2, -0.15) is 0 Å². The second-order valence-corrected chi connectivity index (χ2v) is 6.99. The molecule has 1 unspecified atom stereocenters. The van der Waals surface area contributed by atoms with Crippen molar-refractivity contribution in [2.45, 2.75) is 11.0 Å². The molecule has 9 heteroatoms. The highest BCUT2D eigenvalue weighted by molar-refractivity contribution is 7.89. The van der Waals surface area contributed by atoms with Crippen molar-refractivity contribution in [1.29, 1.82) is 0 Å². The molecular formula is C13H16ClNO6S. The molecule has 7 nitrogen and oxygen atoms in total. The van der Waals surface area contributed by atoms with Gasteiger partial charge in [-0.05, 0) is 0 Å². The quantitative estimate of drug-likeness (QED) is 0.866. The van der Waals surface area contributed by atoms with Crippen LogP contribution in [0.3, 0.4) is 0 Å². The molecule has 1 saturated heterocycles. The van der Waals surface area contributed by atoms with Crippen LogP contribution in [-0.4, -0.2) is 54.1 Å². The number of sulfonamides is 1. The maximum Gasteiger partial charge on any atom is 0.242 e. The van der Waals surface area contributed by atoms with E-state index in [4.69, 9.17) is 30.5 Å². The molecule has 0 spiro atoms. The Balaban J connectivity index is 1.76. The summed E-state index contributed by atoms with van der Waals surface area (Å²) in [5.41, 5.74) is 0. The van der Waals surface area contributed by atoms with E-state index in [-0.39, 0.29) is 22.6 Å². The second-order valence-electron chi connectivity index (χ2n) is 4.85. The van der Waals surface area contributed by atoms with E-state index >= 15 is 0 Å². The highest BCUT2D eigenvalue weighted by atomic mass is 35.5. The van der Waals surface area contributed by atoms with E-state index in [1.807, 2.05) is 0 Å². The third kappa shape index (κ3) is 3.47. The molecular weight excluding hydrogens is 334 g/mol. The van der Waals surface area contributed by atoms with E-state index in [0.29, 0.717) is 44.5 Å². The Kier molecular flexibility index (Phi) is 4.74. The number of ether oxygens (including phenoxy) is 4. The molecule has 1 N–H and O–H groups in total. The van der Waals surface area contributed by atoms with E-state index in [1.54, 1.807) is 0 Å². The fourth-order valence-electron chi connectivity index (χ4n) is 2.19. The molecule has 2 heterocycles. The van der Waals surface area contributed by atoms with Crippen molar-refractivity contribution in [3.05, 3.63) is 17.2 Å². The molecule has 22 heavy (non-hydrogen) atoms. The fraction of sp³-hybridized carbons (Fsp3) is 0.538. The van der Waals surface area contributed by atoms with Gasteiger partial charge in [0.25, 0.3) is 0 Å². The van der Waals surface area contributed by atoms with Gasteiger partial charge in [-0.15, -0.1) is 0 Å². The van der Waals surface area contributed by atoms with Crippen LogP contribution in [0.2, 0.25) is 5.02 Å². The number of rotatable bonds is 4. The zero-order chi connectivity index (χ0) is 15.6. The van der Waals surface area contributed by atoms with E-state index in [0.717, 1.165) is 0 Å². The van der Waals surface area contributed by atoms with Crippen LogP contribution in [0, 0.1) is 0 Å². The molecule has 0 aliphatic carbocycles. The normalized spacial score (nSPS) is 21.6. The molecule has 0 saturated carbocycles. The maximum atomic E-state index is 12.4. The van der Waals surface area contributed by atoms with Gasteiger partial charge < -0.3 is 18.9 Å². The molecule has 3 rings (SSSR count). The molecule has 1 fully saturated rings. The molecule has 0 bridgehead atoms. The summed E-state index contributed by atoms with van der Waals surface area (Å²) in [4.78, 5) is -0.0462. The van der Waals surface area contributed by atoms with E-state index in [1.165, 1.54) is 12.1 Å². The van der Waals surface area contributed by atoms with Crippen LogP contribution in [0.25, 0.3) is 0 Å². The van der Waals surface area contributed by atoms with Crippen LogP contribution < -0.4 is 14.2 Å². The van der Waals surface area contributed by atoms with Crippen LogP contribution in [0.15, 0.2) is 17.0 Å². The smallest absolute Gasteiger partial charge is 0.242 e. The second kappa shape index (κ2) is 6.59. The molecule has 1 atom stereocenters. The highest BCUT2D eigenvalue weighted by Gasteiger charge is 2.25. The summed E-state index contributed by atoms with van der Waals surface area (Å²) in [6, 6.07) is 2.82. The summed E-state index contributed by atoms with van der Waals surface area (Å²) in [5.74, 6) is 0.812. The minimum Gasteiger partial charge on any atom is -0.486 e. The first-order chi connectivity index (χ1) is 10.6. The average molecular weight is 350 g/mol. The number of hydrogen-bond donors (Lipinski definition) is 1. The molecule has 0 amide bonds. The van der Waals surface area contributed by atoms with Crippen molar-refractivity contribution >= 4 is 21.6 Å². The summed E-state index contributed by atoms with van der Waals surface area (Å²) in [7, 11) is -3.78. The van der Waals surface area contributed by atoms with Gasteiger partial charge in [0.05, 0.1) is 30.9 Å². The lowest BCUT2D eigenvalue weighted by atomic mass is 10.3. The Morgan fingerprint density at radius 2 is 1.86 bits per heavy atom. The predicted molar refractivity (Wildman–Crippen MR) is 78.2 cm³/mol. The van der Waals surface area contributed by atoms with Crippen molar-refractivity contribution in [2.75, 3.05) is 39.6 Å². The molecule has 1 aromatic carbocycles. The summed E-state index contributed by atoms with van der Waals surface area (Å²) < 4.78 is 48.6. The van der Waals surface area contributed by atoms with Gasteiger partial charge in [0.2, 0.25) is 10.0 Å². The fourth-order valence-corrected chi connectivity index (χ4v) is 3.78. The zero-order valence-electron chi connectivity index (χ0n) is 11.7. The largest absolute Gasteiger partial charge is 0.486 e. The molecule has 1 aromatic rings. The monoisotopic (exact) mass is 349 g/mol. The average Bonchev–Trinajstić information content (AvgIpc) is 2.53. The van der Waals surface area contributed by atoms with Crippen molar-refractivity contribution in [3.63, 3.8) is 0 Å². The Morgan fingerprint density at radius 3 is 2.55 bits per heavy atom. The van der Waals surface area contributed by atoms with Crippen molar-refractivity contribution < 1.29 is 27.4 Å². The lowest BCUT2D eigenvalue weighted by Gasteiger charge is -2.23. The molecule has 122 valence electrons. The summed E-state index contributed by atoms with van der Waals surface area (Å²) >= 11 is 6.06. The van der Waals surface area contributed by atoms with Gasteiger partial charge in [0.15, 0.2) is 11.5 Å². The van der Waals surface area contributed by atoms with Crippen LogP contribution in [0.4, 0.5) is 0 Å². The lowest BCUT2D eigenvalue weighted by Crippen LogP contribution is -2.39. The van der Waals surface area contributed by atoms with Crippen molar-refractivity contribution in [2.24, 2.45) is 0 Å². The molecule has 2 aliphatic rings. The standard InChI is InChI=1S/C13H16ClNO6S/c14-10-5-11-12(21-4-3-20-11)6-13(10)22(16,17)15-7-9-8-18-1-2-19-9/h5-6,9,15H,1-4,7-8H2. The maximum absolute atomic E-state index is 12.4. The summed E-state index contributed by atoms with van der Waals surface area (Å²) in [5, 5.41) is 0.0811. The summed E-state index contributed by atoms with van der Waals surface area (Å²) in [6.07, 6.45) is -0.306. The van der Waals surface area contributed by atoms with Crippen molar-refractivity contribution in [3.8, 4) is 11.5 Å². The minimum atomic E-state index is -3.78. The van der Waals surface area contributed by atoms with E-state index < -0.39 is 10.0 Å². The van der Waals surface area contributed by atoms with Gasteiger partial charge in [-0.25, -0.2) is 13.1 Å². The molecule has 0 aromatic heterocycles. The number of benzene rings is 1. The SMILES string of the molecule is O=S(=O)(NCC1COCCO1)c1cc2c(cc1Cl)OCCO2. The van der Waals surface area contributed by atoms with Gasteiger partial charge >= 0.3 is 0 Å². The number of fused-ring (bicyclic) bond motifs is 1. The predicted octanol–water partition coefficient (Wildman–Crippen LogP) is 0.805. The number of hydrogen-bond acceptors (Lipinski definition) is 6. The first-order valence-electron chi connectivity index (χ1n) is 6.84. The lowest BCUT2D eigenvalue weighted by molar-refractivity contribution is -0.0846. The third-order valence-corrected chi connectivity index (χ3v) is 5.16. The van der Waals surface area contributed by atoms with Crippen LogP contribution in [-0.2, 0) is 19.5 Å².